The van der Waals surface area contributed by atoms with Crippen LogP contribution in [0.15, 0.2) is 47.2 Å². The molecule has 0 bridgehead atoms. The number of ether oxygens (including phenoxy) is 1. The minimum atomic E-state index is -0.125. The lowest BCUT2D eigenvalue weighted by Gasteiger charge is -2.15. The maximum atomic E-state index is 12.2. The van der Waals surface area contributed by atoms with Gasteiger partial charge >= 0.3 is 0 Å². The van der Waals surface area contributed by atoms with E-state index >= 15 is 0 Å². The van der Waals surface area contributed by atoms with Crippen LogP contribution in [0.5, 0.6) is 5.75 Å². The number of carbonyl (C=O) groups is 1. The van der Waals surface area contributed by atoms with Crippen LogP contribution in [-0.2, 0) is 0 Å². The summed E-state index contributed by atoms with van der Waals surface area (Å²) in [5.41, 5.74) is 1.61. The standard InChI is InChI=1S/C16H17BrN2O2/c1-3-21-14-6-4-12(5-7-14)11(2)19-16(20)13-8-9-18-15(17)10-13/h4-11H,3H2,1-2H3,(H,19,20). The Morgan fingerprint density at radius 3 is 2.67 bits per heavy atom. The molecule has 1 atom stereocenters. The normalized spacial score (nSPS) is 11.8. The first kappa shape index (κ1) is 15.5. The van der Waals surface area contributed by atoms with Crippen LogP contribution in [0.1, 0.15) is 35.8 Å². The third-order valence-electron chi connectivity index (χ3n) is 3.03. The van der Waals surface area contributed by atoms with E-state index < -0.39 is 0 Å². The number of nitrogens with zero attached hydrogens (tertiary/aromatic N) is 1. The molecule has 1 aromatic heterocycles. The van der Waals surface area contributed by atoms with Gasteiger partial charge in [0.15, 0.2) is 0 Å². The summed E-state index contributed by atoms with van der Waals surface area (Å²) in [5.74, 6) is 0.706. The minimum absolute atomic E-state index is 0.0832. The monoisotopic (exact) mass is 348 g/mol. The molecule has 0 spiro atoms. The number of rotatable bonds is 5. The van der Waals surface area contributed by atoms with Gasteiger partial charge in [-0.3, -0.25) is 4.79 Å². The van der Waals surface area contributed by atoms with Crippen molar-refractivity contribution < 1.29 is 9.53 Å². The Balaban J connectivity index is 2.03. The molecule has 0 saturated carbocycles. The van der Waals surface area contributed by atoms with E-state index in [9.17, 15) is 4.79 Å². The predicted octanol–water partition coefficient (Wildman–Crippen LogP) is 3.73. The molecule has 2 aromatic rings. The Bertz CT molecular complexity index is 614. The zero-order valence-corrected chi connectivity index (χ0v) is 13.6. The van der Waals surface area contributed by atoms with E-state index in [4.69, 9.17) is 4.74 Å². The number of hydrogen-bond acceptors (Lipinski definition) is 3. The van der Waals surface area contributed by atoms with Crippen LogP contribution in [-0.4, -0.2) is 17.5 Å². The molecule has 0 aliphatic heterocycles. The van der Waals surface area contributed by atoms with Crippen molar-refractivity contribution in [1.82, 2.24) is 10.3 Å². The van der Waals surface area contributed by atoms with Crippen molar-refractivity contribution in [3.8, 4) is 5.75 Å². The molecule has 4 nitrogen and oxygen atoms in total. The Morgan fingerprint density at radius 2 is 2.05 bits per heavy atom. The Morgan fingerprint density at radius 1 is 1.33 bits per heavy atom. The Hall–Kier alpha value is -1.88. The van der Waals surface area contributed by atoms with E-state index in [-0.39, 0.29) is 11.9 Å². The van der Waals surface area contributed by atoms with Crippen LogP contribution < -0.4 is 10.1 Å². The lowest BCUT2D eigenvalue weighted by atomic mass is 10.1. The van der Waals surface area contributed by atoms with Crippen molar-refractivity contribution in [3.05, 3.63) is 58.3 Å². The average Bonchev–Trinajstić information content (AvgIpc) is 2.48. The third-order valence-corrected chi connectivity index (χ3v) is 3.46. The fraction of sp³-hybridized carbons (Fsp3) is 0.250. The summed E-state index contributed by atoms with van der Waals surface area (Å²) in [6.45, 7) is 4.54. The van der Waals surface area contributed by atoms with E-state index in [1.165, 1.54) is 0 Å². The largest absolute Gasteiger partial charge is 0.494 e. The van der Waals surface area contributed by atoms with Gasteiger partial charge in [-0.25, -0.2) is 4.98 Å². The summed E-state index contributed by atoms with van der Waals surface area (Å²) >= 11 is 3.26. The molecule has 0 saturated heterocycles. The quantitative estimate of drug-likeness (QED) is 0.837. The number of aromatic nitrogens is 1. The number of benzene rings is 1. The van der Waals surface area contributed by atoms with Crippen LogP contribution >= 0.6 is 15.9 Å². The molecular weight excluding hydrogens is 332 g/mol. The summed E-state index contributed by atoms with van der Waals surface area (Å²) < 4.78 is 6.05. The third kappa shape index (κ3) is 4.29. The van der Waals surface area contributed by atoms with Gasteiger partial charge in [0, 0.05) is 11.8 Å². The summed E-state index contributed by atoms with van der Waals surface area (Å²) in [6.07, 6.45) is 1.60. The maximum Gasteiger partial charge on any atom is 0.251 e. The van der Waals surface area contributed by atoms with E-state index in [1.54, 1.807) is 18.3 Å². The summed E-state index contributed by atoms with van der Waals surface area (Å²) in [6, 6.07) is 11.0. The van der Waals surface area contributed by atoms with Crippen molar-refractivity contribution in [2.75, 3.05) is 6.61 Å². The average molecular weight is 349 g/mol. The zero-order chi connectivity index (χ0) is 15.2. The molecule has 2 rings (SSSR count). The molecule has 5 heteroatoms. The zero-order valence-electron chi connectivity index (χ0n) is 12.0. The highest BCUT2D eigenvalue weighted by molar-refractivity contribution is 9.10. The van der Waals surface area contributed by atoms with E-state index in [2.05, 4.69) is 26.2 Å². The summed E-state index contributed by atoms with van der Waals surface area (Å²) in [7, 11) is 0. The number of nitrogens with one attached hydrogen (secondary N) is 1. The van der Waals surface area contributed by atoms with Gasteiger partial charge in [-0.05, 0) is 59.6 Å². The van der Waals surface area contributed by atoms with Crippen LogP contribution in [0.3, 0.4) is 0 Å². The van der Waals surface area contributed by atoms with Crippen LogP contribution in [0, 0.1) is 0 Å². The van der Waals surface area contributed by atoms with Gasteiger partial charge in [-0.2, -0.15) is 0 Å². The second kappa shape index (κ2) is 7.22. The second-order valence-electron chi connectivity index (χ2n) is 4.56. The predicted molar refractivity (Wildman–Crippen MR) is 85.4 cm³/mol. The molecule has 1 aromatic carbocycles. The lowest BCUT2D eigenvalue weighted by molar-refractivity contribution is 0.0939. The van der Waals surface area contributed by atoms with Gasteiger partial charge in [0.2, 0.25) is 0 Å². The molecule has 1 N–H and O–H groups in total. The summed E-state index contributed by atoms with van der Waals surface area (Å²) in [4.78, 5) is 16.2. The number of amides is 1. The summed E-state index contributed by atoms with van der Waals surface area (Å²) in [5, 5.41) is 2.96. The molecule has 0 fully saturated rings. The van der Waals surface area contributed by atoms with Crippen molar-refractivity contribution in [2.45, 2.75) is 19.9 Å². The molecule has 0 radical (unpaired) electrons. The number of carbonyl (C=O) groups excluding carboxylic acids is 1. The van der Waals surface area contributed by atoms with Crippen LogP contribution in [0.2, 0.25) is 0 Å². The molecule has 0 aliphatic carbocycles. The van der Waals surface area contributed by atoms with Crippen molar-refractivity contribution >= 4 is 21.8 Å². The molecule has 0 aliphatic rings. The SMILES string of the molecule is CCOc1ccc(C(C)NC(=O)c2ccnc(Br)c2)cc1. The smallest absolute Gasteiger partial charge is 0.251 e. The van der Waals surface area contributed by atoms with Crippen molar-refractivity contribution in [2.24, 2.45) is 0 Å². The van der Waals surface area contributed by atoms with Gasteiger partial charge in [0.1, 0.15) is 10.4 Å². The molecule has 1 heterocycles. The fourth-order valence-electron chi connectivity index (χ4n) is 1.93. The Labute approximate surface area is 132 Å². The minimum Gasteiger partial charge on any atom is -0.494 e. The molecule has 110 valence electrons. The van der Waals surface area contributed by atoms with Gasteiger partial charge < -0.3 is 10.1 Å². The number of hydrogen-bond donors (Lipinski definition) is 1. The molecule has 21 heavy (non-hydrogen) atoms. The van der Waals surface area contributed by atoms with Gasteiger partial charge in [0.05, 0.1) is 12.6 Å². The first-order valence-electron chi connectivity index (χ1n) is 6.75. The van der Waals surface area contributed by atoms with Crippen LogP contribution in [0.25, 0.3) is 0 Å². The second-order valence-corrected chi connectivity index (χ2v) is 5.38. The van der Waals surface area contributed by atoms with E-state index in [0.717, 1.165) is 11.3 Å². The van der Waals surface area contributed by atoms with E-state index in [1.807, 2.05) is 38.1 Å². The van der Waals surface area contributed by atoms with Gasteiger partial charge in [0.25, 0.3) is 5.91 Å². The number of halogens is 1. The van der Waals surface area contributed by atoms with Gasteiger partial charge in [-0.15, -0.1) is 0 Å². The lowest BCUT2D eigenvalue weighted by Crippen LogP contribution is -2.26. The highest BCUT2D eigenvalue weighted by Crippen LogP contribution is 2.18. The highest BCUT2D eigenvalue weighted by atomic mass is 79.9. The maximum absolute atomic E-state index is 12.2. The fourth-order valence-corrected chi connectivity index (χ4v) is 2.29. The Kier molecular flexibility index (Phi) is 5.33. The number of pyridine rings is 1. The topological polar surface area (TPSA) is 51.2 Å². The highest BCUT2D eigenvalue weighted by Gasteiger charge is 2.12. The molecule has 1 unspecified atom stereocenters. The first-order chi connectivity index (χ1) is 10.1. The van der Waals surface area contributed by atoms with Gasteiger partial charge in [-0.1, -0.05) is 12.1 Å². The molecular formula is C16H17BrN2O2. The first-order valence-corrected chi connectivity index (χ1v) is 7.54. The van der Waals surface area contributed by atoms with E-state index in [0.29, 0.717) is 16.8 Å². The van der Waals surface area contributed by atoms with Crippen molar-refractivity contribution in [1.29, 1.82) is 0 Å². The molecule has 1 amide bonds. The van der Waals surface area contributed by atoms with Crippen molar-refractivity contribution in [3.63, 3.8) is 0 Å². The van der Waals surface area contributed by atoms with Crippen LogP contribution in [0.4, 0.5) is 0 Å².